The van der Waals surface area contributed by atoms with Gasteiger partial charge >= 0.3 is 6.01 Å². The summed E-state index contributed by atoms with van der Waals surface area (Å²) in [5.74, 6) is 0.365. The molecule has 21 heavy (non-hydrogen) atoms. The molecular formula is C13H13ClFN5O. The van der Waals surface area contributed by atoms with E-state index < -0.39 is 5.82 Å². The zero-order chi connectivity index (χ0) is 14.8. The van der Waals surface area contributed by atoms with Crippen molar-refractivity contribution in [3.05, 3.63) is 29.0 Å². The first-order valence-corrected chi connectivity index (χ1v) is 6.89. The Morgan fingerprint density at radius 1 is 1.19 bits per heavy atom. The first-order chi connectivity index (χ1) is 10.1. The highest BCUT2D eigenvalue weighted by Crippen LogP contribution is 2.29. The van der Waals surface area contributed by atoms with Gasteiger partial charge in [-0.1, -0.05) is 11.6 Å². The zero-order valence-corrected chi connectivity index (χ0v) is 11.8. The highest BCUT2D eigenvalue weighted by Gasteiger charge is 2.18. The second-order valence-corrected chi connectivity index (χ2v) is 5.05. The Balaban J connectivity index is 1.87. The van der Waals surface area contributed by atoms with Gasteiger partial charge in [-0.25, -0.2) is 4.39 Å². The number of ether oxygens (including phenoxy) is 1. The molecule has 0 spiro atoms. The minimum Gasteiger partial charge on any atom is -0.423 e. The molecule has 2 N–H and O–H groups in total. The molecule has 0 atom stereocenters. The van der Waals surface area contributed by atoms with Gasteiger partial charge in [0.15, 0.2) is 0 Å². The molecule has 1 aliphatic heterocycles. The fourth-order valence-electron chi connectivity index (χ4n) is 2.12. The van der Waals surface area contributed by atoms with E-state index >= 15 is 0 Å². The largest absolute Gasteiger partial charge is 0.423 e. The lowest BCUT2D eigenvalue weighted by Gasteiger charge is -2.15. The van der Waals surface area contributed by atoms with Gasteiger partial charge in [-0.3, -0.25) is 0 Å². The number of nitrogen functional groups attached to an aromatic ring is 1. The molecule has 1 aromatic heterocycles. The number of rotatable bonds is 3. The van der Waals surface area contributed by atoms with E-state index in [0.717, 1.165) is 32.0 Å². The highest BCUT2D eigenvalue weighted by molar-refractivity contribution is 6.32. The molecule has 2 heterocycles. The Hall–Kier alpha value is -2.15. The molecule has 1 aliphatic rings. The molecule has 1 fully saturated rings. The van der Waals surface area contributed by atoms with Crippen LogP contribution in [0, 0.1) is 5.82 Å². The summed E-state index contributed by atoms with van der Waals surface area (Å²) >= 11 is 5.91. The average molecular weight is 310 g/mol. The van der Waals surface area contributed by atoms with Gasteiger partial charge < -0.3 is 15.4 Å². The average Bonchev–Trinajstić information content (AvgIpc) is 2.95. The Morgan fingerprint density at radius 3 is 2.67 bits per heavy atom. The van der Waals surface area contributed by atoms with Gasteiger partial charge in [0.2, 0.25) is 11.9 Å². The highest BCUT2D eigenvalue weighted by atomic mass is 35.5. The summed E-state index contributed by atoms with van der Waals surface area (Å²) in [6.45, 7) is 1.75. The maximum atomic E-state index is 13.0. The number of hydrogen-bond donors (Lipinski definition) is 1. The molecule has 0 bridgehead atoms. The van der Waals surface area contributed by atoms with Crippen LogP contribution < -0.4 is 15.4 Å². The Labute approximate surface area is 125 Å². The van der Waals surface area contributed by atoms with Crippen molar-refractivity contribution in [1.82, 2.24) is 15.0 Å². The lowest BCUT2D eigenvalue weighted by molar-refractivity contribution is 0.439. The van der Waals surface area contributed by atoms with Crippen molar-refractivity contribution in [3.63, 3.8) is 0 Å². The van der Waals surface area contributed by atoms with Crippen LogP contribution in [0.5, 0.6) is 11.8 Å². The molecule has 0 saturated carbocycles. The summed E-state index contributed by atoms with van der Waals surface area (Å²) in [7, 11) is 0. The topological polar surface area (TPSA) is 77.2 Å². The van der Waals surface area contributed by atoms with Crippen LogP contribution in [0.25, 0.3) is 0 Å². The van der Waals surface area contributed by atoms with E-state index in [1.165, 1.54) is 12.1 Å². The van der Waals surface area contributed by atoms with Crippen LogP contribution in [0.1, 0.15) is 12.8 Å². The van der Waals surface area contributed by atoms with Crippen LogP contribution in [-0.4, -0.2) is 28.0 Å². The molecular weight excluding hydrogens is 297 g/mol. The van der Waals surface area contributed by atoms with E-state index in [0.29, 0.717) is 5.95 Å². The molecule has 0 unspecified atom stereocenters. The zero-order valence-electron chi connectivity index (χ0n) is 11.1. The predicted octanol–water partition coefficient (Wildman–Crippen LogP) is 2.64. The lowest BCUT2D eigenvalue weighted by atomic mass is 10.3. The number of benzene rings is 1. The van der Waals surface area contributed by atoms with Gasteiger partial charge in [0, 0.05) is 13.1 Å². The van der Waals surface area contributed by atoms with E-state index in [4.69, 9.17) is 22.1 Å². The molecule has 8 heteroatoms. The number of anilines is 2. The van der Waals surface area contributed by atoms with E-state index in [1.54, 1.807) is 0 Å². The summed E-state index contributed by atoms with van der Waals surface area (Å²) in [6, 6.07) is 3.85. The maximum Gasteiger partial charge on any atom is 0.328 e. The van der Waals surface area contributed by atoms with Gasteiger partial charge in [-0.05, 0) is 31.0 Å². The van der Waals surface area contributed by atoms with Crippen molar-refractivity contribution < 1.29 is 9.13 Å². The lowest BCUT2D eigenvalue weighted by Crippen LogP contribution is -2.21. The fraction of sp³-hybridized carbons (Fsp3) is 0.308. The van der Waals surface area contributed by atoms with Gasteiger partial charge in [0.25, 0.3) is 0 Å². The van der Waals surface area contributed by atoms with Gasteiger partial charge in [-0.2, -0.15) is 15.0 Å². The fourth-order valence-corrected chi connectivity index (χ4v) is 2.33. The minimum absolute atomic E-state index is 0.0397. The Morgan fingerprint density at radius 2 is 1.95 bits per heavy atom. The smallest absolute Gasteiger partial charge is 0.328 e. The third-order valence-electron chi connectivity index (χ3n) is 3.10. The quantitative estimate of drug-likeness (QED) is 0.939. The van der Waals surface area contributed by atoms with E-state index in [9.17, 15) is 4.39 Å². The monoisotopic (exact) mass is 309 g/mol. The molecule has 3 rings (SSSR count). The number of nitrogens with two attached hydrogens (primary N) is 1. The van der Waals surface area contributed by atoms with Crippen LogP contribution in [-0.2, 0) is 0 Å². The number of halogens is 2. The van der Waals surface area contributed by atoms with Gasteiger partial charge in [0.1, 0.15) is 11.6 Å². The second-order valence-electron chi connectivity index (χ2n) is 4.65. The summed E-state index contributed by atoms with van der Waals surface area (Å²) in [6.07, 6.45) is 2.18. The Kier molecular flexibility index (Phi) is 3.74. The van der Waals surface area contributed by atoms with Crippen LogP contribution in [0.3, 0.4) is 0 Å². The summed E-state index contributed by atoms with van der Waals surface area (Å²) in [5.41, 5.74) is 5.68. The molecule has 0 radical (unpaired) electrons. The summed E-state index contributed by atoms with van der Waals surface area (Å²) in [4.78, 5) is 14.3. The standard InChI is InChI=1S/C13H13ClFN5O/c14-9-7-8(15)3-4-10(9)21-13-18-11(16)17-12(19-13)20-5-1-2-6-20/h3-4,7H,1-2,5-6H2,(H2,16,17,18,19). The van der Waals surface area contributed by atoms with Crippen molar-refractivity contribution in [2.45, 2.75) is 12.8 Å². The van der Waals surface area contributed by atoms with Crippen molar-refractivity contribution in [3.8, 4) is 11.8 Å². The van der Waals surface area contributed by atoms with Crippen LogP contribution >= 0.6 is 11.6 Å². The van der Waals surface area contributed by atoms with Crippen LogP contribution in [0.2, 0.25) is 5.02 Å². The van der Waals surface area contributed by atoms with Crippen molar-refractivity contribution in [2.24, 2.45) is 0 Å². The van der Waals surface area contributed by atoms with Gasteiger partial charge in [0.05, 0.1) is 5.02 Å². The molecule has 1 aromatic carbocycles. The van der Waals surface area contributed by atoms with Crippen molar-refractivity contribution in [1.29, 1.82) is 0 Å². The normalized spacial score (nSPS) is 14.5. The second kappa shape index (κ2) is 5.69. The Bertz CT molecular complexity index is 663. The van der Waals surface area contributed by atoms with E-state index in [2.05, 4.69) is 15.0 Å². The number of aromatic nitrogens is 3. The first kappa shape index (κ1) is 13.8. The summed E-state index contributed by atoms with van der Waals surface area (Å²) < 4.78 is 18.5. The molecule has 1 saturated heterocycles. The molecule has 6 nitrogen and oxygen atoms in total. The van der Waals surface area contributed by atoms with E-state index in [1.807, 2.05) is 4.90 Å². The van der Waals surface area contributed by atoms with Crippen LogP contribution in [0.15, 0.2) is 18.2 Å². The molecule has 0 amide bonds. The third kappa shape index (κ3) is 3.13. The van der Waals surface area contributed by atoms with Gasteiger partial charge in [-0.15, -0.1) is 0 Å². The SMILES string of the molecule is Nc1nc(Oc2ccc(F)cc2Cl)nc(N2CCCC2)n1. The summed E-state index contributed by atoms with van der Waals surface area (Å²) in [5, 5.41) is 0.136. The molecule has 110 valence electrons. The molecule has 0 aliphatic carbocycles. The van der Waals surface area contributed by atoms with Crippen LogP contribution in [0.4, 0.5) is 16.3 Å². The van der Waals surface area contributed by atoms with Crippen molar-refractivity contribution in [2.75, 3.05) is 23.7 Å². The predicted molar refractivity (Wildman–Crippen MR) is 77.2 cm³/mol. The molecule has 2 aromatic rings. The minimum atomic E-state index is -0.444. The number of hydrogen-bond acceptors (Lipinski definition) is 6. The van der Waals surface area contributed by atoms with Crippen molar-refractivity contribution >= 4 is 23.5 Å². The third-order valence-corrected chi connectivity index (χ3v) is 3.40. The maximum absolute atomic E-state index is 13.0. The van der Waals surface area contributed by atoms with E-state index in [-0.39, 0.29) is 22.7 Å². The first-order valence-electron chi connectivity index (χ1n) is 6.51. The number of nitrogens with zero attached hydrogens (tertiary/aromatic N) is 4.